The van der Waals surface area contributed by atoms with E-state index in [1.807, 2.05) is 0 Å². The highest BCUT2D eigenvalue weighted by molar-refractivity contribution is 5.26. The van der Waals surface area contributed by atoms with E-state index in [1.165, 1.54) is 6.07 Å². The van der Waals surface area contributed by atoms with Gasteiger partial charge in [0, 0.05) is 12.1 Å². The maximum absolute atomic E-state index is 13.1. The third-order valence-corrected chi connectivity index (χ3v) is 1.92. The molecule has 0 fully saturated rings. The number of aliphatic hydroxyl groups is 1. The van der Waals surface area contributed by atoms with E-state index in [-0.39, 0.29) is 19.0 Å². The summed E-state index contributed by atoms with van der Waals surface area (Å²) in [4.78, 5) is 0. The Hall–Kier alpha value is -0.970. The maximum atomic E-state index is 13.1. The molecule has 0 spiro atoms. The topological polar surface area (TPSA) is 72.3 Å². The molecule has 0 saturated carbocycles. The van der Waals surface area contributed by atoms with Gasteiger partial charge in [0.2, 0.25) is 0 Å². The highest BCUT2D eigenvalue weighted by atomic mass is 19.1. The van der Waals surface area contributed by atoms with E-state index in [0.29, 0.717) is 11.1 Å². The van der Waals surface area contributed by atoms with Crippen molar-refractivity contribution in [3.63, 3.8) is 0 Å². The highest BCUT2D eigenvalue weighted by Crippen LogP contribution is 2.14. The average Bonchev–Trinajstić information content (AvgIpc) is 2.16. The first kappa shape index (κ1) is 10.1. The van der Waals surface area contributed by atoms with Crippen LogP contribution in [0, 0.1) is 5.82 Å². The quantitative estimate of drug-likeness (QED) is 0.631. The van der Waals surface area contributed by atoms with Crippen LogP contribution in [-0.4, -0.2) is 11.7 Å². The summed E-state index contributed by atoms with van der Waals surface area (Å²) in [6.07, 6.45) is 0. The second kappa shape index (κ2) is 4.32. The zero-order valence-corrected chi connectivity index (χ0v) is 7.20. The Balaban J connectivity index is 2.95. The van der Waals surface area contributed by atoms with Crippen molar-refractivity contribution in [2.24, 2.45) is 11.5 Å². The number of benzene rings is 1. The Labute approximate surface area is 76.2 Å². The third-order valence-electron chi connectivity index (χ3n) is 1.92. The summed E-state index contributed by atoms with van der Waals surface area (Å²) in [5.41, 5.74) is 11.8. The number of hydrogen-bond acceptors (Lipinski definition) is 3. The van der Waals surface area contributed by atoms with Crippen LogP contribution in [-0.2, 0) is 6.54 Å². The Kier molecular flexibility index (Phi) is 3.36. The number of aliphatic hydroxyl groups excluding tert-OH is 1. The molecule has 0 aromatic heterocycles. The van der Waals surface area contributed by atoms with Crippen LogP contribution in [0.4, 0.5) is 4.39 Å². The van der Waals surface area contributed by atoms with Crippen molar-refractivity contribution >= 4 is 0 Å². The molecule has 1 aromatic carbocycles. The van der Waals surface area contributed by atoms with E-state index >= 15 is 0 Å². The lowest BCUT2D eigenvalue weighted by atomic mass is 10.1. The summed E-state index contributed by atoms with van der Waals surface area (Å²) < 4.78 is 13.1. The molecule has 1 aromatic rings. The monoisotopic (exact) mass is 184 g/mol. The molecule has 0 unspecified atom stereocenters. The van der Waals surface area contributed by atoms with Crippen molar-refractivity contribution in [2.45, 2.75) is 12.6 Å². The van der Waals surface area contributed by atoms with Gasteiger partial charge in [-0.25, -0.2) is 4.39 Å². The molecule has 3 nitrogen and oxygen atoms in total. The molecule has 0 aliphatic rings. The van der Waals surface area contributed by atoms with Crippen molar-refractivity contribution in [1.82, 2.24) is 0 Å². The molecule has 72 valence electrons. The molecule has 0 aliphatic carbocycles. The number of nitrogens with two attached hydrogens (primary N) is 2. The largest absolute Gasteiger partial charge is 0.394 e. The molecule has 0 bridgehead atoms. The molecule has 0 radical (unpaired) electrons. The summed E-state index contributed by atoms with van der Waals surface area (Å²) in [5, 5.41) is 8.73. The minimum absolute atomic E-state index is 0.167. The first-order valence-corrected chi connectivity index (χ1v) is 4.04. The van der Waals surface area contributed by atoms with Crippen molar-refractivity contribution in [3.8, 4) is 0 Å². The third kappa shape index (κ3) is 2.24. The van der Waals surface area contributed by atoms with E-state index in [0.717, 1.165) is 0 Å². The summed E-state index contributed by atoms with van der Waals surface area (Å²) >= 11 is 0. The predicted molar refractivity (Wildman–Crippen MR) is 48.3 cm³/mol. The Bertz CT molecular complexity index is 291. The molecule has 1 rings (SSSR count). The van der Waals surface area contributed by atoms with E-state index in [4.69, 9.17) is 16.6 Å². The number of hydrogen-bond donors (Lipinski definition) is 3. The second-order valence-electron chi connectivity index (χ2n) is 2.84. The van der Waals surface area contributed by atoms with Crippen molar-refractivity contribution in [1.29, 1.82) is 0 Å². The smallest absolute Gasteiger partial charge is 0.128 e. The van der Waals surface area contributed by atoms with Crippen LogP contribution in [0.1, 0.15) is 17.2 Å². The molecule has 0 aliphatic heterocycles. The van der Waals surface area contributed by atoms with Gasteiger partial charge < -0.3 is 16.6 Å². The lowest BCUT2D eigenvalue weighted by molar-refractivity contribution is 0.267. The van der Waals surface area contributed by atoms with E-state index in [9.17, 15) is 4.39 Å². The van der Waals surface area contributed by atoms with E-state index in [2.05, 4.69) is 0 Å². The van der Waals surface area contributed by atoms with Crippen LogP contribution in [0.25, 0.3) is 0 Å². The van der Waals surface area contributed by atoms with Gasteiger partial charge in [-0.1, -0.05) is 12.1 Å². The lowest BCUT2D eigenvalue weighted by Gasteiger charge is -2.09. The average molecular weight is 184 g/mol. The van der Waals surface area contributed by atoms with Gasteiger partial charge in [-0.2, -0.15) is 0 Å². The summed E-state index contributed by atoms with van der Waals surface area (Å²) in [6, 6.07) is 4.04. The highest BCUT2D eigenvalue weighted by Gasteiger charge is 2.07. The van der Waals surface area contributed by atoms with Gasteiger partial charge in [0.1, 0.15) is 5.82 Å². The van der Waals surface area contributed by atoms with E-state index in [1.54, 1.807) is 12.1 Å². The van der Waals surface area contributed by atoms with Crippen molar-refractivity contribution in [2.75, 3.05) is 6.61 Å². The zero-order chi connectivity index (χ0) is 9.84. The van der Waals surface area contributed by atoms with Crippen LogP contribution >= 0.6 is 0 Å². The summed E-state index contributed by atoms with van der Waals surface area (Å²) in [7, 11) is 0. The fourth-order valence-electron chi connectivity index (χ4n) is 1.07. The molecule has 1 atom stereocenters. The molecule has 0 saturated heterocycles. The van der Waals surface area contributed by atoms with Crippen LogP contribution in [0.15, 0.2) is 18.2 Å². The van der Waals surface area contributed by atoms with Crippen LogP contribution in [0.2, 0.25) is 0 Å². The Morgan fingerprint density at radius 3 is 2.62 bits per heavy atom. The minimum Gasteiger partial charge on any atom is -0.394 e. The van der Waals surface area contributed by atoms with E-state index < -0.39 is 6.04 Å². The van der Waals surface area contributed by atoms with Gasteiger partial charge in [-0.15, -0.1) is 0 Å². The molecular formula is C9H13FN2O. The molecule has 0 amide bonds. The minimum atomic E-state index is -0.527. The van der Waals surface area contributed by atoms with Crippen molar-refractivity contribution in [3.05, 3.63) is 35.1 Å². The first-order valence-electron chi connectivity index (χ1n) is 4.04. The summed E-state index contributed by atoms with van der Waals surface area (Å²) in [5.74, 6) is -0.371. The lowest BCUT2D eigenvalue weighted by Crippen LogP contribution is -2.15. The first-order chi connectivity index (χ1) is 6.19. The van der Waals surface area contributed by atoms with Gasteiger partial charge in [-0.3, -0.25) is 0 Å². The number of halogens is 1. The fraction of sp³-hybridized carbons (Fsp3) is 0.333. The molecule has 0 heterocycles. The van der Waals surface area contributed by atoms with Crippen LogP contribution in [0.3, 0.4) is 0 Å². The molecule has 4 heteroatoms. The van der Waals surface area contributed by atoms with Crippen LogP contribution in [0.5, 0.6) is 0 Å². The normalized spacial score (nSPS) is 12.9. The molecular weight excluding hydrogens is 171 g/mol. The predicted octanol–water partition coefficient (Wildman–Crippen LogP) is 0.277. The standard InChI is InChI=1S/C9H13FN2O/c10-8-3-6(9(12)5-13)1-2-7(8)4-11/h1-3,9,13H,4-5,11-12H2/t9-/m1/s1. The second-order valence-corrected chi connectivity index (χ2v) is 2.84. The van der Waals surface area contributed by atoms with Gasteiger partial charge in [0.15, 0.2) is 0 Å². The summed E-state index contributed by atoms with van der Waals surface area (Å²) in [6.45, 7) is -0.0259. The van der Waals surface area contributed by atoms with Crippen molar-refractivity contribution < 1.29 is 9.50 Å². The number of rotatable bonds is 3. The molecule has 13 heavy (non-hydrogen) atoms. The Morgan fingerprint density at radius 1 is 1.46 bits per heavy atom. The zero-order valence-electron chi connectivity index (χ0n) is 7.20. The van der Waals surface area contributed by atoms with Crippen LogP contribution < -0.4 is 11.5 Å². The maximum Gasteiger partial charge on any atom is 0.128 e. The Morgan fingerprint density at radius 2 is 2.15 bits per heavy atom. The van der Waals surface area contributed by atoms with Gasteiger partial charge in [-0.05, 0) is 11.6 Å². The molecule has 5 N–H and O–H groups in total. The SMILES string of the molecule is NCc1ccc([C@H](N)CO)cc1F. The van der Waals surface area contributed by atoms with Gasteiger partial charge in [0.25, 0.3) is 0 Å². The van der Waals surface area contributed by atoms with Gasteiger partial charge >= 0.3 is 0 Å². The van der Waals surface area contributed by atoms with Gasteiger partial charge in [0.05, 0.1) is 12.6 Å². The fourth-order valence-corrected chi connectivity index (χ4v) is 1.07.